The monoisotopic (exact) mass is 344 g/mol. The molecule has 0 amide bonds. The number of tetrazole rings is 1. The van der Waals surface area contributed by atoms with Crippen molar-refractivity contribution in [3.05, 3.63) is 23.7 Å². The number of likely N-dealkylation sites (N-methyl/N-ethyl adjacent to an activating group) is 1. The Hall–Kier alpha value is -2.09. The van der Waals surface area contributed by atoms with Gasteiger partial charge in [0.1, 0.15) is 0 Å². The van der Waals surface area contributed by atoms with Gasteiger partial charge in [-0.15, -0.1) is 10.2 Å². The summed E-state index contributed by atoms with van der Waals surface area (Å²) in [6, 6.07) is 4.56. The summed E-state index contributed by atoms with van der Waals surface area (Å²) in [4.78, 5) is 4.69. The van der Waals surface area contributed by atoms with Crippen molar-refractivity contribution in [3.8, 4) is 0 Å². The Balaban J connectivity index is 1.61. The highest BCUT2D eigenvalue weighted by Gasteiger charge is 2.25. The minimum Gasteiger partial charge on any atom is -0.354 e. The van der Waals surface area contributed by atoms with Crippen LogP contribution in [0.5, 0.6) is 0 Å². The van der Waals surface area contributed by atoms with Gasteiger partial charge in [-0.2, -0.15) is 5.10 Å². The lowest BCUT2D eigenvalue weighted by Crippen LogP contribution is -2.46. The van der Waals surface area contributed by atoms with Gasteiger partial charge in [0.25, 0.3) is 0 Å². The second-order valence-corrected chi connectivity index (χ2v) is 6.86. The van der Waals surface area contributed by atoms with Gasteiger partial charge in [-0.1, -0.05) is 13.3 Å². The molecule has 3 heterocycles. The Morgan fingerprint density at radius 3 is 2.88 bits per heavy atom. The number of anilines is 1. The molecule has 0 saturated carbocycles. The molecule has 0 aliphatic carbocycles. The first kappa shape index (κ1) is 17.7. The zero-order valence-corrected chi connectivity index (χ0v) is 15.5. The number of aryl methyl sites for hydroxylation is 2. The summed E-state index contributed by atoms with van der Waals surface area (Å²) in [5.41, 5.74) is 0.952. The molecule has 0 aromatic carbocycles. The molecule has 1 unspecified atom stereocenters. The SMILES string of the molecule is CCCCn1nnnc1CN(C)C1CCCN(c2ccc(C)nn2)C1. The number of nitrogens with zero attached hydrogens (tertiary/aromatic N) is 8. The quantitative estimate of drug-likeness (QED) is 0.756. The highest BCUT2D eigenvalue weighted by atomic mass is 15.5. The second kappa shape index (κ2) is 8.33. The maximum absolute atomic E-state index is 4.34. The van der Waals surface area contributed by atoms with E-state index in [0.29, 0.717) is 6.04 Å². The first-order valence-electron chi connectivity index (χ1n) is 9.18. The van der Waals surface area contributed by atoms with Gasteiger partial charge in [0, 0.05) is 25.7 Å². The van der Waals surface area contributed by atoms with Crippen LogP contribution in [-0.4, -0.2) is 61.5 Å². The first-order chi connectivity index (χ1) is 12.2. The van der Waals surface area contributed by atoms with E-state index >= 15 is 0 Å². The van der Waals surface area contributed by atoms with Crippen molar-refractivity contribution >= 4 is 5.82 Å². The van der Waals surface area contributed by atoms with Crippen LogP contribution in [-0.2, 0) is 13.1 Å². The van der Waals surface area contributed by atoms with Gasteiger partial charge in [-0.3, -0.25) is 4.90 Å². The molecule has 0 radical (unpaired) electrons. The Labute approximate surface area is 149 Å². The van der Waals surface area contributed by atoms with Crippen LogP contribution in [0.2, 0.25) is 0 Å². The lowest BCUT2D eigenvalue weighted by molar-refractivity contribution is 0.199. The van der Waals surface area contributed by atoms with Gasteiger partial charge >= 0.3 is 0 Å². The van der Waals surface area contributed by atoms with Crippen LogP contribution in [0.25, 0.3) is 0 Å². The third-order valence-electron chi connectivity index (χ3n) is 4.85. The molecule has 1 aliphatic heterocycles. The summed E-state index contributed by atoms with van der Waals surface area (Å²) in [5.74, 6) is 1.92. The van der Waals surface area contributed by atoms with Crippen molar-refractivity contribution in [2.45, 2.75) is 58.7 Å². The Morgan fingerprint density at radius 1 is 1.24 bits per heavy atom. The van der Waals surface area contributed by atoms with Gasteiger partial charge in [-0.05, 0) is 55.8 Å². The van der Waals surface area contributed by atoms with Gasteiger partial charge in [-0.25, -0.2) is 4.68 Å². The van der Waals surface area contributed by atoms with Crippen LogP contribution < -0.4 is 4.90 Å². The van der Waals surface area contributed by atoms with Crippen LogP contribution in [0.1, 0.15) is 44.1 Å². The fraction of sp³-hybridized carbons (Fsp3) is 0.706. The lowest BCUT2D eigenvalue weighted by Gasteiger charge is -2.37. The molecule has 0 bridgehead atoms. The molecule has 8 nitrogen and oxygen atoms in total. The highest BCUT2D eigenvalue weighted by Crippen LogP contribution is 2.20. The van der Waals surface area contributed by atoms with E-state index in [1.165, 1.54) is 6.42 Å². The van der Waals surface area contributed by atoms with Crippen LogP contribution >= 0.6 is 0 Å². The van der Waals surface area contributed by atoms with E-state index in [9.17, 15) is 0 Å². The Kier molecular flexibility index (Phi) is 5.91. The van der Waals surface area contributed by atoms with Crippen molar-refractivity contribution < 1.29 is 0 Å². The highest BCUT2D eigenvalue weighted by molar-refractivity contribution is 5.38. The maximum Gasteiger partial charge on any atom is 0.165 e. The average Bonchev–Trinajstić information content (AvgIpc) is 3.07. The molecule has 1 atom stereocenters. The van der Waals surface area contributed by atoms with Gasteiger partial charge < -0.3 is 4.90 Å². The van der Waals surface area contributed by atoms with Crippen LogP contribution in [0, 0.1) is 6.92 Å². The number of hydrogen-bond donors (Lipinski definition) is 0. The zero-order chi connectivity index (χ0) is 17.6. The van der Waals surface area contributed by atoms with E-state index in [1.807, 2.05) is 17.7 Å². The van der Waals surface area contributed by atoms with Crippen LogP contribution in [0.4, 0.5) is 5.82 Å². The van der Waals surface area contributed by atoms with Crippen molar-refractivity contribution in [2.75, 3.05) is 25.0 Å². The van der Waals surface area contributed by atoms with Crippen LogP contribution in [0.15, 0.2) is 12.1 Å². The topological polar surface area (TPSA) is 75.9 Å². The largest absolute Gasteiger partial charge is 0.354 e. The molecule has 1 saturated heterocycles. The number of hydrogen-bond acceptors (Lipinski definition) is 7. The molecule has 25 heavy (non-hydrogen) atoms. The minimum absolute atomic E-state index is 0.466. The predicted molar refractivity (Wildman–Crippen MR) is 96.2 cm³/mol. The second-order valence-electron chi connectivity index (χ2n) is 6.86. The fourth-order valence-electron chi connectivity index (χ4n) is 3.25. The standard InChI is InChI=1S/C17H28N8/c1-4-5-11-25-17(20-21-22-25)13-23(3)15-7-6-10-24(12-15)16-9-8-14(2)18-19-16/h8-9,15H,4-7,10-13H2,1-3H3. The Morgan fingerprint density at radius 2 is 2.12 bits per heavy atom. The van der Waals surface area contributed by atoms with Crippen molar-refractivity contribution in [1.82, 2.24) is 35.3 Å². The molecular formula is C17H28N8. The summed E-state index contributed by atoms with van der Waals surface area (Å²) in [5, 5.41) is 20.7. The van der Waals surface area contributed by atoms with Gasteiger partial charge in [0.05, 0.1) is 12.2 Å². The molecule has 1 fully saturated rings. The van der Waals surface area contributed by atoms with E-state index < -0.39 is 0 Å². The summed E-state index contributed by atoms with van der Waals surface area (Å²) in [6.45, 7) is 7.81. The lowest BCUT2D eigenvalue weighted by atomic mass is 10.0. The van der Waals surface area contributed by atoms with E-state index in [1.54, 1.807) is 0 Å². The minimum atomic E-state index is 0.466. The molecule has 136 valence electrons. The molecular weight excluding hydrogens is 316 g/mol. The van der Waals surface area contributed by atoms with Gasteiger partial charge in [0.15, 0.2) is 11.6 Å². The number of aromatic nitrogens is 6. The zero-order valence-electron chi connectivity index (χ0n) is 15.5. The first-order valence-corrected chi connectivity index (χ1v) is 9.18. The van der Waals surface area contributed by atoms with Crippen molar-refractivity contribution in [2.24, 2.45) is 0 Å². The number of unbranched alkanes of at least 4 members (excludes halogenated alkanes) is 1. The third-order valence-corrected chi connectivity index (χ3v) is 4.85. The summed E-state index contributed by atoms with van der Waals surface area (Å²) in [7, 11) is 2.16. The Bertz CT molecular complexity index is 653. The molecule has 2 aromatic heterocycles. The molecule has 0 spiro atoms. The van der Waals surface area contributed by atoms with Crippen molar-refractivity contribution in [1.29, 1.82) is 0 Å². The molecule has 1 aliphatic rings. The normalized spacial score (nSPS) is 18.1. The van der Waals surface area contributed by atoms with Gasteiger partial charge in [0.2, 0.25) is 0 Å². The summed E-state index contributed by atoms with van der Waals surface area (Å²) < 4.78 is 1.94. The van der Waals surface area contributed by atoms with Crippen LogP contribution in [0.3, 0.4) is 0 Å². The average molecular weight is 344 g/mol. The van der Waals surface area contributed by atoms with E-state index in [-0.39, 0.29) is 0 Å². The molecule has 2 aromatic rings. The van der Waals surface area contributed by atoms with E-state index in [2.05, 4.69) is 55.6 Å². The number of rotatable bonds is 7. The summed E-state index contributed by atoms with van der Waals surface area (Å²) >= 11 is 0. The smallest absolute Gasteiger partial charge is 0.165 e. The number of piperidine rings is 1. The van der Waals surface area contributed by atoms with E-state index in [0.717, 1.165) is 62.8 Å². The third kappa shape index (κ3) is 4.50. The summed E-state index contributed by atoms with van der Waals surface area (Å²) in [6.07, 6.45) is 4.59. The maximum atomic E-state index is 4.34. The molecule has 8 heteroatoms. The predicted octanol–water partition coefficient (Wildman–Crippen LogP) is 1.67. The van der Waals surface area contributed by atoms with E-state index in [4.69, 9.17) is 0 Å². The molecule has 0 N–H and O–H groups in total. The fourth-order valence-corrected chi connectivity index (χ4v) is 3.25. The molecule has 3 rings (SSSR count). The van der Waals surface area contributed by atoms with Crippen molar-refractivity contribution in [3.63, 3.8) is 0 Å².